The number of carbonyl (C=O) groups is 3. The van der Waals surface area contributed by atoms with Crippen molar-refractivity contribution in [2.75, 3.05) is 63.4 Å². The lowest BCUT2D eigenvalue weighted by Gasteiger charge is -2.42. The van der Waals surface area contributed by atoms with Crippen LogP contribution in [-0.4, -0.2) is 108 Å². The number of fused-ring (bicyclic) bond motifs is 1. The van der Waals surface area contributed by atoms with E-state index in [1.807, 2.05) is 29.2 Å². The van der Waals surface area contributed by atoms with Crippen molar-refractivity contribution in [2.24, 2.45) is 0 Å². The summed E-state index contributed by atoms with van der Waals surface area (Å²) in [5.41, 5.74) is 9.35. The highest BCUT2D eigenvalue weighted by atomic mass is 35.5. The van der Waals surface area contributed by atoms with Gasteiger partial charge in [0, 0.05) is 75.6 Å². The lowest BCUT2D eigenvalue weighted by molar-refractivity contribution is -0.143. The summed E-state index contributed by atoms with van der Waals surface area (Å²) in [4.78, 5) is 48.1. The van der Waals surface area contributed by atoms with Gasteiger partial charge in [-0.2, -0.15) is 0 Å². The van der Waals surface area contributed by atoms with E-state index >= 15 is 0 Å². The normalized spacial score (nSPS) is 20.4. The summed E-state index contributed by atoms with van der Waals surface area (Å²) in [6.45, 7) is 6.11. The van der Waals surface area contributed by atoms with E-state index in [4.69, 9.17) is 28.5 Å². The zero-order valence-electron chi connectivity index (χ0n) is 26.1. The second kappa shape index (κ2) is 14.2. The predicted octanol–water partition coefficient (Wildman–Crippen LogP) is 3.36. The number of carbonyl (C=O) groups excluding carboxylic acids is 3. The summed E-state index contributed by atoms with van der Waals surface area (Å²) in [5, 5.41) is 6.68. The number of urea groups is 1. The van der Waals surface area contributed by atoms with Gasteiger partial charge in [-0.05, 0) is 68.1 Å². The number of rotatable bonds is 6. The summed E-state index contributed by atoms with van der Waals surface area (Å²) in [5.74, 6) is 2.32. The number of nitrogens with one attached hydrogen (secondary N) is 2. The Kier molecular flexibility index (Phi) is 9.87. The Labute approximate surface area is 275 Å². The number of hydrogen-bond donors (Lipinski definition) is 3. The predicted molar refractivity (Wildman–Crippen MR) is 177 cm³/mol. The van der Waals surface area contributed by atoms with Crippen LogP contribution in [0.3, 0.4) is 0 Å². The minimum Gasteiger partial charge on any atom is -0.436 e. The molecule has 4 amide bonds. The average Bonchev–Trinajstić information content (AvgIpc) is 3.09. The third-order valence-electron chi connectivity index (χ3n) is 9.76. The van der Waals surface area contributed by atoms with Gasteiger partial charge >= 0.3 is 12.1 Å². The SMILES string of the molecule is C#Cc1cc(C[C@@H](OC(=O)N2CCC(N3Cc4ccccc4NC3=O)CC2)C(=O)N2CCN(C3CCNCC3)CC2)cc(Cl)c1N. The van der Waals surface area contributed by atoms with Crippen LogP contribution in [0, 0.1) is 12.3 Å². The maximum atomic E-state index is 14.0. The first kappa shape index (κ1) is 32.0. The fourth-order valence-corrected chi connectivity index (χ4v) is 7.30. The zero-order valence-corrected chi connectivity index (χ0v) is 26.8. The molecule has 244 valence electrons. The first-order valence-corrected chi connectivity index (χ1v) is 16.6. The van der Waals surface area contributed by atoms with Gasteiger partial charge in [-0.25, -0.2) is 9.59 Å². The van der Waals surface area contributed by atoms with Crippen molar-refractivity contribution >= 4 is 41.0 Å². The number of anilines is 2. The highest BCUT2D eigenvalue weighted by molar-refractivity contribution is 6.33. The molecule has 0 aliphatic carbocycles. The number of piperidine rings is 2. The van der Waals surface area contributed by atoms with E-state index in [1.165, 1.54) is 0 Å². The lowest BCUT2D eigenvalue weighted by atomic mass is 10.0. The molecule has 11 nitrogen and oxygen atoms in total. The van der Waals surface area contributed by atoms with Crippen LogP contribution in [0.4, 0.5) is 21.0 Å². The van der Waals surface area contributed by atoms with E-state index in [0.717, 1.165) is 50.3 Å². The first-order valence-electron chi connectivity index (χ1n) is 16.2. The average molecular weight is 648 g/mol. The van der Waals surface area contributed by atoms with Crippen molar-refractivity contribution in [1.29, 1.82) is 0 Å². The van der Waals surface area contributed by atoms with E-state index in [1.54, 1.807) is 21.9 Å². The van der Waals surface area contributed by atoms with Crippen LogP contribution < -0.4 is 16.4 Å². The molecule has 4 heterocycles. The number of nitrogens with two attached hydrogens (primary N) is 1. The molecule has 0 bridgehead atoms. The minimum atomic E-state index is -1.05. The number of amides is 4. The van der Waals surface area contributed by atoms with E-state index in [-0.39, 0.29) is 24.4 Å². The number of benzene rings is 2. The quantitative estimate of drug-likeness (QED) is 0.325. The van der Waals surface area contributed by atoms with Gasteiger partial charge in [0.1, 0.15) is 0 Å². The molecule has 6 rings (SSSR count). The van der Waals surface area contributed by atoms with Gasteiger partial charge in [-0.1, -0.05) is 35.7 Å². The Morgan fingerprint density at radius 3 is 2.43 bits per heavy atom. The molecular formula is C34H42ClN7O4. The van der Waals surface area contributed by atoms with Gasteiger partial charge in [0.15, 0.2) is 6.10 Å². The first-order chi connectivity index (χ1) is 22.3. The molecule has 3 saturated heterocycles. The number of halogens is 1. The van der Waals surface area contributed by atoms with Gasteiger partial charge in [0.25, 0.3) is 5.91 Å². The molecule has 4 aliphatic rings. The Bertz CT molecular complexity index is 1490. The summed E-state index contributed by atoms with van der Waals surface area (Å²) < 4.78 is 6.00. The van der Waals surface area contributed by atoms with Crippen molar-refractivity contribution in [3.63, 3.8) is 0 Å². The van der Waals surface area contributed by atoms with Crippen LogP contribution in [0.25, 0.3) is 0 Å². The van der Waals surface area contributed by atoms with Gasteiger partial charge in [-0.3, -0.25) is 9.69 Å². The molecule has 0 spiro atoms. The second-order valence-electron chi connectivity index (χ2n) is 12.5. The molecule has 0 radical (unpaired) electrons. The molecule has 46 heavy (non-hydrogen) atoms. The van der Waals surface area contributed by atoms with Crippen LogP contribution in [-0.2, 0) is 22.5 Å². The molecule has 3 fully saturated rings. The number of nitrogens with zero attached hydrogens (tertiary/aromatic N) is 4. The number of nitrogen functional groups attached to an aromatic ring is 1. The summed E-state index contributed by atoms with van der Waals surface area (Å²) in [6.07, 6.45) is 7.62. The molecule has 0 unspecified atom stereocenters. The molecule has 2 aromatic carbocycles. The van der Waals surface area contributed by atoms with Crippen molar-refractivity contribution in [3.8, 4) is 12.3 Å². The van der Waals surface area contributed by atoms with Gasteiger partial charge in [0.05, 0.1) is 10.7 Å². The van der Waals surface area contributed by atoms with Gasteiger partial charge in [0.2, 0.25) is 0 Å². The number of likely N-dealkylation sites (tertiary alicyclic amines) is 1. The fourth-order valence-electron chi connectivity index (χ4n) is 7.06. The Hall–Kier alpha value is -3.98. The van der Waals surface area contributed by atoms with Crippen LogP contribution in [0.15, 0.2) is 36.4 Å². The maximum absolute atomic E-state index is 14.0. The second-order valence-corrected chi connectivity index (χ2v) is 12.9. The Balaban J connectivity index is 1.11. The van der Waals surface area contributed by atoms with E-state index in [0.29, 0.717) is 73.4 Å². The maximum Gasteiger partial charge on any atom is 0.410 e. The van der Waals surface area contributed by atoms with Crippen LogP contribution in [0.1, 0.15) is 42.4 Å². The van der Waals surface area contributed by atoms with Crippen LogP contribution >= 0.6 is 11.6 Å². The van der Waals surface area contributed by atoms with Crippen molar-refractivity contribution in [2.45, 2.75) is 56.8 Å². The van der Waals surface area contributed by atoms with Gasteiger partial charge in [-0.15, -0.1) is 6.42 Å². The number of ether oxygens (including phenoxy) is 1. The fraction of sp³-hybridized carbons (Fsp3) is 0.500. The minimum absolute atomic E-state index is 0.00909. The molecule has 2 aromatic rings. The van der Waals surface area contributed by atoms with E-state index in [9.17, 15) is 14.4 Å². The molecule has 4 N–H and O–H groups in total. The van der Waals surface area contributed by atoms with E-state index < -0.39 is 12.2 Å². The Morgan fingerprint density at radius 1 is 1.00 bits per heavy atom. The smallest absolute Gasteiger partial charge is 0.410 e. The number of terminal acetylenes is 1. The van der Waals surface area contributed by atoms with Crippen molar-refractivity contribution in [1.82, 2.24) is 24.9 Å². The lowest BCUT2D eigenvalue weighted by Crippen LogP contribution is -2.56. The van der Waals surface area contributed by atoms with Crippen molar-refractivity contribution < 1.29 is 19.1 Å². The standard InChI is InChI=1S/C34H42ClN7O4/c1-2-24-19-23(20-28(35)31(24)36)21-30(32(43)40-17-15-39(16-18-40)26-7-11-37-12-8-26)46-34(45)41-13-9-27(10-14-41)42-22-25-5-3-4-6-29(25)38-33(42)44/h1,3-6,19-20,26-27,30,37H,7-18,21-22,36H2,(H,38,44)/t30-/m1/s1. The van der Waals surface area contributed by atoms with Gasteiger partial charge < -0.3 is 35.8 Å². The zero-order chi connectivity index (χ0) is 32.2. The Morgan fingerprint density at radius 2 is 1.72 bits per heavy atom. The molecule has 0 saturated carbocycles. The highest BCUT2D eigenvalue weighted by Gasteiger charge is 2.36. The largest absolute Gasteiger partial charge is 0.436 e. The third-order valence-corrected chi connectivity index (χ3v) is 10.1. The van der Waals surface area contributed by atoms with Crippen molar-refractivity contribution in [3.05, 3.63) is 58.1 Å². The molecular weight excluding hydrogens is 606 g/mol. The monoisotopic (exact) mass is 647 g/mol. The summed E-state index contributed by atoms with van der Waals surface area (Å²) >= 11 is 6.37. The van der Waals surface area contributed by atoms with E-state index in [2.05, 4.69) is 21.5 Å². The number of hydrogen-bond acceptors (Lipinski definition) is 7. The molecule has 0 aromatic heterocycles. The summed E-state index contributed by atoms with van der Waals surface area (Å²) in [6, 6.07) is 11.6. The molecule has 12 heteroatoms. The third kappa shape index (κ3) is 7.04. The molecule has 4 aliphatic heterocycles. The van der Waals surface area contributed by atoms with Crippen LogP contribution in [0.2, 0.25) is 5.02 Å². The van der Waals surface area contributed by atoms with Crippen LogP contribution in [0.5, 0.6) is 0 Å². The topological polar surface area (TPSA) is 123 Å². The highest BCUT2D eigenvalue weighted by Crippen LogP contribution is 2.29. The number of piperazine rings is 1. The molecule has 1 atom stereocenters. The number of para-hydroxylation sites is 1. The summed E-state index contributed by atoms with van der Waals surface area (Å²) in [7, 11) is 0.